The van der Waals surface area contributed by atoms with Crippen molar-refractivity contribution in [3.63, 3.8) is 0 Å². The molecule has 1 heterocycles. The molecule has 116 valence electrons. The fourth-order valence-electron chi connectivity index (χ4n) is 2.09. The lowest BCUT2D eigenvalue weighted by molar-refractivity contribution is -0.142. The van der Waals surface area contributed by atoms with Gasteiger partial charge in [0.15, 0.2) is 0 Å². The first-order valence-electron chi connectivity index (χ1n) is 6.75. The number of rotatable bonds is 6. The molecule has 1 aromatic carbocycles. The average molecular weight is 304 g/mol. The number of hydrogen-bond donors (Lipinski definition) is 3. The fourth-order valence-corrected chi connectivity index (χ4v) is 2.09. The van der Waals surface area contributed by atoms with Gasteiger partial charge in [0, 0.05) is 24.4 Å². The number of nitrogens with zero attached hydrogens (tertiary/aromatic N) is 1. The van der Waals surface area contributed by atoms with E-state index < -0.39 is 24.5 Å². The number of carbonyl (C=O) groups excluding carboxylic acids is 2. The van der Waals surface area contributed by atoms with Crippen LogP contribution in [0.5, 0.6) is 0 Å². The predicted octanol–water partition coefficient (Wildman–Crippen LogP) is 0.623. The molecule has 7 nitrogen and oxygen atoms in total. The first kappa shape index (κ1) is 15.7. The lowest BCUT2D eigenvalue weighted by Gasteiger charge is -2.11. The van der Waals surface area contributed by atoms with Gasteiger partial charge in [-0.2, -0.15) is 0 Å². The van der Waals surface area contributed by atoms with Crippen molar-refractivity contribution in [1.82, 2.24) is 9.88 Å². The van der Waals surface area contributed by atoms with E-state index in [9.17, 15) is 14.4 Å². The van der Waals surface area contributed by atoms with E-state index in [1.54, 1.807) is 18.3 Å². The Morgan fingerprint density at radius 1 is 1.14 bits per heavy atom. The molecule has 1 unspecified atom stereocenters. The molecular weight excluding hydrogens is 288 g/mol. The van der Waals surface area contributed by atoms with E-state index >= 15 is 0 Å². The number of fused-ring (bicyclic) bond motifs is 1. The minimum atomic E-state index is -1.35. The van der Waals surface area contributed by atoms with Crippen molar-refractivity contribution in [1.29, 1.82) is 0 Å². The molecule has 22 heavy (non-hydrogen) atoms. The molecule has 0 saturated carbocycles. The molecule has 0 fully saturated rings. The molecule has 0 saturated heterocycles. The molecule has 2 aromatic rings. The number of aromatic nitrogens is 1. The smallest absolute Gasteiger partial charge is 0.328 e. The SMILES string of the molecule is O=C(CCC(=O)n1ccc2ccccc21)NC(CO)C(=O)O. The van der Waals surface area contributed by atoms with Crippen molar-refractivity contribution in [3.8, 4) is 0 Å². The van der Waals surface area contributed by atoms with Gasteiger partial charge in [-0.15, -0.1) is 0 Å². The predicted molar refractivity (Wildman–Crippen MR) is 78.5 cm³/mol. The van der Waals surface area contributed by atoms with Crippen molar-refractivity contribution in [2.24, 2.45) is 0 Å². The van der Waals surface area contributed by atoms with E-state index in [1.165, 1.54) is 4.57 Å². The highest BCUT2D eigenvalue weighted by molar-refractivity contribution is 5.94. The largest absolute Gasteiger partial charge is 0.480 e. The van der Waals surface area contributed by atoms with Gasteiger partial charge >= 0.3 is 5.97 Å². The fraction of sp³-hybridized carbons (Fsp3) is 0.267. The van der Waals surface area contributed by atoms with Crippen LogP contribution in [-0.2, 0) is 9.59 Å². The lowest BCUT2D eigenvalue weighted by atomic mass is 10.2. The Balaban J connectivity index is 1.95. The van der Waals surface area contributed by atoms with Crippen LogP contribution in [0.2, 0.25) is 0 Å². The van der Waals surface area contributed by atoms with Gasteiger partial charge in [0.25, 0.3) is 0 Å². The molecule has 7 heteroatoms. The van der Waals surface area contributed by atoms with Crippen LogP contribution in [0, 0.1) is 0 Å². The van der Waals surface area contributed by atoms with Crippen LogP contribution < -0.4 is 5.32 Å². The molecule has 3 N–H and O–H groups in total. The summed E-state index contributed by atoms with van der Waals surface area (Å²) in [7, 11) is 0. The lowest BCUT2D eigenvalue weighted by Crippen LogP contribution is -2.43. The summed E-state index contributed by atoms with van der Waals surface area (Å²) < 4.78 is 1.46. The summed E-state index contributed by atoms with van der Waals surface area (Å²) in [5.41, 5.74) is 0.756. The highest BCUT2D eigenvalue weighted by Gasteiger charge is 2.19. The van der Waals surface area contributed by atoms with Crippen molar-refractivity contribution in [2.75, 3.05) is 6.61 Å². The summed E-state index contributed by atoms with van der Waals surface area (Å²) in [4.78, 5) is 34.4. The first-order valence-corrected chi connectivity index (χ1v) is 6.75. The Morgan fingerprint density at radius 3 is 2.55 bits per heavy atom. The quantitative estimate of drug-likeness (QED) is 0.725. The van der Waals surface area contributed by atoms with Gasteiger partial charge in [0.2, 0.25) is 11.8 Å². The van der Waals surface area contributed by atoms with E-state index in [4.69, 9.17) is 10.2 Å². The number of nitrogens with one attached hydrogen (secondary N) is 1. The van der Waals surface area contributed by atoms with Gasteiger partial charge < -0.3 is 15.5 Å². The third-order valence-electron chi connectivity index (χ3n) is 3.25. The molecule has 2 rings (SSSR count). The van der Waals surface area contributed by atoms with Gasteiger partial charge in [-0.25, -0.2) is 4.79 Å². The average Bonchev–Trinajstić information content (AvgIpc) is 2.94. The van der Waals surface area contributed by atoms with Crippen LogP contribution >= 0.6 is 0 Å². The van der Waals surface area contributed by atoms with Gasteiger partial charge in [-0.05, 0) is 12.1 Å². The van der Waals surface area contributed by atoms with E-state index in [1.807, 2.05) is 18.2 Å². The zero-order chi connectivity index (χ0) is 16.1. The Hall–Kier alpha value is -2.67. The van der Waals surface area contributed by atoms with Crippen molar-refractivity contribution in [3.05, 3.63) is 36.5 Å². The maximum Gasteiger partial charge on any atom is 0.328 e. The number of carboxylic acid groups (broad SMARTS) is 1. The summed E-state index contributed by atoms with van der Waals surface area (Å²) in [6.45, 7) is -0.697. The number of aliphatic hydroxyl groups excluding tert-OH is 1. The minimum absolute atomic E-state index is 0.0533. The first-order chi connectivity index (χ1) is 10.5. The number of amides is 1. The molecule has 0 aliphatic carbocycles. The third-order valence-corrected chi connectivity index (χ3v) is 3.25. The third kappa shape index (κ3) is 3.50. The number of carboxylic acids is 1. The zero-order valence-electron chi connectivity index (χ0n) is 11.7. The summed E-state index contributed by atoms with van der Waals surface area (Å²) in [6, 6.07) is 7.82. The van der Waals surface area contributed by atoms with Crippen molar-refractivity contribution in [2.45, 2.75) is 18.9 Å². The highest BCUT2D eigenvalue weighted by atomic mass is 16.4. The number of para-hydroxylation sites is 1. The maximum atomic E-state index is 12.1. The van der Waals surface area contributed by atoms with Gasteiger partial charge in [0.05, 0.1) is 12.1 Å². The Kier molecular flexibility index (Phi) is 4.90. The van der Waals surface area contributed by atoms with Crippen LogP contribution in [0.15, 0.2) is 36.5 Å². The number of aliphatic carboxylic acids is 1. The molecule has 0 radical (unpaired) electrons. The second-order valence-corrected chi connectivity index (χ2v) is 4.78. The molecule has 1 amide bonds. The molecule has 0 spiro atoms. The van der Waals surface area contributed by atoms with Crippen molar-refractivity contribution < 1.29 is 24.6 Å². The summed E-state index contributed by atoms with van der Waals surface area (Å²) >= 11 is 0. The molecule has 0 bridgehead atoms. The van der Waals surface area contributed by atoms with Gasteiger partial charge in [-0.1, -0.05) is 18.2 Å². The van der Waals surface area contributed by atoms with Crippen LogP contribution in [0.3, 0.4) is 0 Å². The molecule has 0 aliphatic rings. The van der Waals surface area contributed by atoms with E-state index in [2.05, 4.69) is 5.32 Å². The summed E-state index contributed by atoms with van der Waals surface area (Å²) in [6.07, 6.45) is 1.44. The Bertz CT molecular complexity index is 707. The maximum absolute atomic E-state index is 12.1. The summed E-state index contributed by atoms with van der Waals surface area (Å²) in [5, 5.41) is 20.6. The standard InChI is InChI=1S/C15H16N2O5/c18-9-11(15(21)22)16-13(19)5-6-14(20)17-8-7-10-3-1-2-4-12(10)17/h1-4,7-8,11,18H,5-6,9H2,(H,16,19)(H,21,22). The topological polar surface area (TPSA) is 109 Å². The molecule has 1 atom stereocenters. The Labute approximate surface area is 126 Å². The Morgan fingerprint density at radius 2 is 1.86 bits per heavy atom. The minimum Gasteiger partial charge on any atom is -0.480 e. The molecule has 1 aromatic heterocycles. The monoisotopic (exact) mass is 304 g/mol. The second kappa shape index (κ2) is 6.86. The van der Waals surface area contributed by atoms with Crippen LogP contribution in [0.1, 0.15) is 17.6 Å². The van der Waals surface area contributed by atoms with Crippen LogP contribution in [-0.4, -0.2) is 45.2 Å². The normalized spacial score (nSPS) is 12.0. The molecule has 0 aliphatic heterocycles. The van der Waals surface area contributed by atoms with Crippen LogP contribution in [0.25, 0.3) is 10.9 Å². The van der Waals surface area contributed by atoms with Gasteiger partial charge in [0.1, 0.15) is 6.04 Å². The van der Waals surface area contributed by atoms with E-state index in [0.29, 0.717) is 0 Å². The second-order valence-electron chi connectivity index (χ2n) is 4.78. The van der Waals surface area contributed by atoms with E-state index in [-0.39, 0.29) is 18.7 Å². The molecular formula is C15H16N2O5. The number of aliphatic hydroxyl groups is 1. The summed E-state index contributed by atoms with van der Waals surface area (Å²) in [5.74, 6) is -2.17. The van der Waals surface area contributed by atoms with Gasteiger partial charge in [-0.3, -0.25) is 14.2 Å². The van der Waals surface area contributed by atoms with E-state index in [0.717, 1.165) is 10.9 Å². The zero-order valence-corrected chi connectivity index (χ0v) is 11.7. The number of carbonyl (C=O) groups is 3. The number of benzene rings is 1. The highest BCUT2D eigenvalue weighted by Crippen LogP contribution is 2.15. The number of hydrogen-bond acceptors (Lipinski definition) is 4. The van der Waals surface area contributed by atoms with Crippen molar-refractivity contribution >= 4 is 28.7 Å². The van der Waals surface area contributed by atoms with Crippen LogP contribution in [0.4, 0.5) is 0 Å².